The Morgan fingerprint density at radius 3 is 1.80 bits per heavy atom. The molecule has 0 radical (unpaired) electrons. The Bertz CT molecular complexity index is 675. The molecule has 0 saturated carbocycles. The van der Waals surface area contributed by atoms with E-state index >= 15 is 0 Å². The van der Waals surface area contributed by atoms with Crippen molar-refractivity contribution in [2.75, 3.05) is 12.4 Å². The van der Waals surface area contributed by atoms with Crippen LogP contribution in [-0.2, 0) is 28.8 Å². The zero-order valence-corrected chi connectivity index (χ0v) is 16.6. The van der Waals surface area contributed by atoms with Gasteiger partial charge in [0.1, 0.15) is 24.2 Å². The number of amides is 4. The van der Waals surface area contributed by atoms with Crippen molar-refractivity contribution in [2.45, 2.75) is 43.4 Å². The monoisotopic (exact) mass is 451 g/mol. The van der Waals surface area contributed by atoms with E-state index in [0.717, 1.165) is 0 Å². The van der Waals surface area contributed by atoms with Crippen LogP contribution in [0.15, 0.2) is 0 Å². The lowest BCUT2D eigenvalue weighted by molar-refractivity contribution is -0.143. The van der Waals surface area contributed by atoms with E-state index in [4.69, 9.17) is 26.8 Å². The van der Waals surface area contributed by atoms with Crippen molar-refractivity contribution in [3.05, 3.63) is 0 Å². The van der Waals surface area contributed by atoms with Crippen LogP contribution in [0.1, 0.15) is 19.3 Å². The van der Waals surface area contributed by atoms with Crippen molar-refractivity contribution >= 4 is 48.2 Å². The van der Waals surface area contributed by atoms with Gasteiger partial charge in [0.15, 0.2) is 0 Å². The molecule has 10 N–H and O–H groups in total. The molecule has 0 fully saturated rings. The zero-order chi connectivity index (χ0) is 23.4. The molecule has 0 aromatic carbocycles. The number of aliphatic hydroxyl groups is 1. The summed E-state index contributed by atoms with van der Waals surface area (Å²) in [7, 11) is 0. The van der Waals surface area contributed by atoms with Crippen LogP contribution < -0.4 is 27.4 Å². The van der Waals surface area contributed by atoms with Gasteiger partial charge in [-0.15, -0.1) is 0 Å². The highest BCUT2D eigenvalue weighted by Crippen LogP contribution is 2.02. The second kappa shape index (κ2) is 13.3. The molecular weight excluding hydrogens is 426 g/mol. The molecular formula is C15H25N5O9S. The lowest BCUT2D eigenvalue weighted by Gasteiger charge is -2.24. The van der Waals surface area contributed by atoms with Crippen LogP contribution >= 0.6 is 12.6 Å². The van der Waals surface area contributed by atoms with Gasteiger partial charge in [-0.2, -0.15) is 12.6 Å². The molecule has 4 unspecified atom stereocenters. The highest BCUT2D eigenvalue weighted by Gasteiger charge is 2.31. The number of primary amides is 1. The van der Waals surface area contributed by atoms with E-state index in [-0.39, 0.29) is 18.6 Å². The first-order valence-corrected chi connectivity index (χ1v) is 9.17. The molecule has 0 aromatic heterocycles. The number of aliphatic hydroxyl groups excluding tert-OH is 1. The summed E-state index contributed by atoms with van der Waals surface area (Å²) in [6.07, 6.45) is -1.55. The van der Waals surface area contributed by atoms with E-state index in [1.165, 1.54) is 0 Å². The molecule has 4 amide bonds. The summed E-state index contributed by atoms with van der Waals surface area (Å²) in [6, 6.07) is -5.95. The predicted molar refractivity (Wildman–Crippen MR) is 103 cm³/mol. The van der Waals surface area contributed by atoms with E-state index in [1.807, 2.05) is 5.32 Å². The minimum atomic E-state index is -1.70. The molecule has 0 aliphatic heterocycles. The highest BCUT2D eigenvalue weighted by molar-refractivity contribution is 7.80. The standard InChI is InChI=1S/C15H25N5O9S/c16-6(4-21)12(25)18-7(1-2-10(17)22)13(26)19-8(3-11(23)24)14(27)20-9(5-30)15(28)29/h6-9,21,30H,1-5,16H2,(H2,17,22)(H,18,25)(H,19,26)(H,20,27)(H,23,24)(H,28,29). The fourth-order valence-electron chi connectivity index (χ4n) is 2.03. The van der Waals surface area contributed by atoms with Crippen LogP contribution in [0.4, 0.5) is 0 Å². The van der Waals surface area contributed by atoms with Crippen LogP contribution in [0.3, 0.4) is 0 Å². The first-order chi connectivity index (χ1) is 13.9. The fourth-order valence-corrected chi connectivity index (χ4v) is 2.28. The SMILES string of the molecule is NC(=O)CCC(NC(=O)C(N)CO)C(=O)NC(CC(=O)O)C(=O)NC(CS)C(=O)O. The van der Waals surface area contributed by atoms with E-state index in [0.29, 0.717) is 0 Å². The number of nitrogens with one attached hydrogen (secondary N) is 3. The first-order valence-electron chi connectivity index (χ1n) is 8.54. The summed E-state index contributed by atoms with van der Waals surface area (Å²) in [6.45, 7) is -0.736. The maximum Gasteiger partial charge on any atom is 0.327 e. The average Bonchev–Trinajstić information content (AvgIpc) is 2.66. The minimum absolute atomic E-state index is 0.300. The van der Waals surface area contributed by atoms with E-state index in [2.05, 4.69) is 23.3 Å². The maximum absolute atomic E-state index is 12.5. The molecule has 30 heavy (non-hydrogen) atoms. The summed E-state index contributed by atoms with van der Waals surface area (Å²) >= 11 is 3.76. The molecule has 0 rings (SSSR count). The number of nitrogens with two attached hydrogens (primary N) is 2. The topological polar surface area (TPSA) is 251 Å². The Balaban J connectivity index is 5.44. The summed E-state index contributed by atoms with van der Waals surface area (Å²) in [5, 5.41) is 33.1. The number of aliphatic carboxylic acids is 2. The van der Waals surface area contributed by atoms with Crippen molar-refractivity contribution in [3.63, 3.8) is 0 Å². The van der Waals surface area contributed by atoms with Gasteiger partial charge in [0, 0.05) is 12.2 Å². The Kier molecular flexibility index (Phi) is 12.0. The minimum Gasteiger partial charge on any atom is -0.481 e. The number of thiol groups is 1. The van der Waals surface area contributed by atoms with E-state index in [9.17, 15) is 28.8 Å². The molecule has 4 atom stereocenters. The number of hydrogen-bond acceptors (Lipinski definition) is 9. The number of hydrogen-bond donors (Lipinski definition) is 9. The Morgan fingerprint density at radius 2 is 1.37 bits per heavy atom. The van der Waals surface area contributed by atoms with Gasteiger partial charge in [-0.1, -0.05) is 0 Å². The third kappa shape index (κ3) is 10.0. The molecule has 14 nitrogen and oxygen atoms in total. The largest absolute Gasteiger partial charge is 0.481 e. The van der Waals surface area contributed by atoms with Gasteiger partial charge < -0.3 is 42.7 Å². The van der Waals surface area contributed by atoms with Crippen molar-refractivity contribution in [1.82, 2.24) is 16.0 Å². The predicted octanol–water partition coefficient (Wildman–Crippen LogP) is -4.48. The van der Waals surface area contributed by atoms with Crippen LogP contribution in [0.5, 0.6) is 0 Å². The molecule has 0 spiro atoms. The van der Waals surface area contributed by atoms with Crippen LogP contribution in [0.25, 0.3) is 0 Å². The lowest BCUT2D eigenvalue weighted by Crippen LogP contribution is -2.58. The van der Waals surface area contributed by atoms with Crippen LogP contribution in [0.2, 0.25) is 0 Å². The second-order valence-corrected chi connectivity index (χ2v) is 6.46. The Morgan fingerprint density at radius 1 is 0.867 bits per heavy atom. The molecule has 0 saturated heterocycles. The van der Waals surface area contributed by atoms with Gasteiger partial charge in [0.2, 0.25) is 23.6 Å². The Labute approximate surface area is 176 Å². The summed E-state index contributed by atoms with van der Waals surface area (Å²) in [5.41, 5.74) is 10.4. The normalized spacial score (nSPS) is 14.5. The number of carboxylic acids is 2. The van der Waals surface area contributed by atoms with Gasteiger partial charge in [-0.25, -0.2) is 4.79 Å². The Hall–Kier alpha value is -2.91. The van der Waals surface area contributed by atoms with Crippen LogP contribution in [-0.4, -0.2) is 87.4 Å². The molecule has 0 aliphatic rings. The van der Waals surface area contributed by atoms with Crippen LogP contribution in [0, 0.1) is 0 Å². The van der Waals surface area contributed by atoms with Gasteiger partial charge in [-0.05, 0) is 6.42 Å². The smallest absolute Gasteiger partial charge is 0.327 e. The zero-order valence-electron chi connectivity index (χ0n) is 15.7. The summed E-state index contributed by atoms with van der Waals surface area (Å²) < 4.78 is 0. The van der Waals surface area contributed by atoms with Crippen molar-refractivity contribution in [3.8, 4) is 0 Å². The third-order valence-electron chi connectivity index (χ3n) is 3.65. The van der Waals surface area contributed by atoms with Gasteiger partial charge in [0.25, 0.3) is 0 Å². The average molecular weight is 451 g/mol. The third-order valence-corrected chi connectivity index (χ3v) is 4.02. The molecule has 0 bridgehead atoms. The summed E-state index contributed by atoms with van der Waals surface area (Å²) in [5.74, 6) is -7.11. The number of carbonyl (C=O) groups excluding carboxylic acids is 4. The van der Waals surface area contributed by atoms with Crippen molar-refractivity contribution in [2.24, 2.45) is 11.5 Å². The molecule has 170 valence electrons. The van der Waals surface area contributed by atoms with Gasteiger partial charge in [0.05, 0.1) is 13.0 Å². The molecule has 15 heteroatoms. The van der Waals surface area contributed by atoms with E-state index < -0.39 is 72.8 Å². The van der Waals surface area contributed by atoms with E-state index in [1.54, 1.807) is 0 Å². The fraction of sp³-hybridized carbons (Fsp3) is 0.600. The number of carboxylic acid groups (broad SMARTS) is 2. The van der Waals surface area contributed by atoms with Crippen molar-refractivity contribution in [1.29, 1.82) is 0 Å². The lowest BCUT2D eigenvalue weighted by atomic mass is 10.1. The first kappa shape index (κ1) is 27.1. The molecule has 0 aromatic rings. The number of rotatable bonds is 14. The molecule has 0 aliphatic carbocycles. The van der Waals surface area contributed by atoms with Gasteiger partial charge >= 0.3 is 11.9 Å². The quantitative estimate of drug-likeness (QED) is 0.114. The molecule has 0 heterocycles. The summed E-state index contributed by atoms with van der Waals surface area (Å²) in [4.78, 5) is 69.7. The highest BCUT2D eigenvalue weighted by atomic mass is 32.1. The number of carbonyl (C=O) groups is 6. The second-order valence-electron chi connectivity index (χ2n) is 6.10. The van der Waals surface area contributed by atoms with Crippen molar-refractivity contribution < 1.29 is 44.1 Å². The van der Waals surface area contributed by atoms with Gasteiger partial charge in [-0.3, -0.25) is 24.0 Å². The maximum atomic E-state index is 12.5.